The average molecular weight is 276 g/mol. The third kappa shape index (κ3) is 2.92. The Morgan fingerprint density at radius 2 is 2.15 bits per heavy atom. The molecule has 0 atom stereocenters. The Labute approximate surface area is 118 Å². The normalized spacial score (nSPS) is 14.8. The molecule has 0 unspecified atom stereocenters. The van der Waals surface area contributed by atoms with Gasteiger partial charge in [0.1, 0.15) is 5.75 Å². The number of ether oxygens (including phenoxy) is 1. The van der Waals surface area contributed by atoms with Gasteiger partial charge in [0, 0.05) is 30.6 Å². The van der Waals surface area contributed by atoms with Crippen molar-refractivity contribution in [3.8, 4) is 5.75 Å². The molecule has 0 bridgehead atoms. The maximum Gasteiger partial charge on any atom is 0.227 e. The standard InChI is InChI=1S/C15H20N2O3/c1-10(2)15(19)16-11-6-7-12(13(9-11)20-3)17-8-4-5-14(17)18/h6-7,9-10H,4-5,8H2,1-3H3,(H,16,19). The molecular weight excluding hydrogens is 256 g/mol. The zero-order valence-corrected chi connectivity index (χ0v) is 12.1. The molecule has 0 spiro atoms. The second-order valence-corrected chi connectivity index (χ2v) is 5.18. The maximum atomic E-state index is 11.8. The number of amides is 2. The van der Waals surface area contributed by atoms with E-state index in [1.54, 1.807) is 24.1 Å². The monoisotopic (exact) mass is 276 g/mol. The van der Waals surface area contributed by atoms with Crippen LogP contribution in [0.2, 0.25) is 0 Å². The number of hydrogen-bond acceptors (Lipinski definition) is 3. The van der Waals surface area contributed by atoms with E-state index in [4.69, 9.17) is 4.74 Å². The van der Waals surface area contributed by atoms with E-state index in [0.717, 1.165) is 12.1 Å². The van der Waals surface area contributed by atoms with Crippen LogP contribution >= 0.6 is 0 Å². The molecule has 2 rings (SSSR count). The molecule has 1 fully saturated rings. The lowest BCUT2D eigenvalue weighted by atomic mass is 10.2. The quantitative estimate of drug-likeness (QED) is 0.918. The Morgan fingerprint density at radius 1 is 1.40 bits per heavy atom. The van der Waals surface area contributed by atoms with Gasteiger partial charge in [0.25, 0.3) is 0 Å². The Bertz CT molecular complexity index is 526. The van der Waals surface area contributed by atoms with Crippen LogP contribution in [0.3, 0.4) is 0 Å². The molecule has 108 valence electrons. The fourth-order valence-electron chi connectivity index (χ4n) is 2.17. The van der Waals surface area contributed by atoms with Crippen LogP contribution in [0.15, 0.2) is 18.2 Å². The molecule has 1 N–H and O–H groups in total. The van der Waals surface area contributed by atoms with Crippen LogP contribution in [0, 0.1) is 5.92 Å². The minimum Gasteiger partial charge on any atom is -0.494 e. The summed E-state index contributed by atoms with van der Waals surface area (Å²) in [5.41, 5.74) is 1.44. The van der Waals surface area contributed by atoms with Crippen molar-refractivity contribution >= 4 is 23.2 Å². The van der Waals surface area contributed by atoms with Crippen molar-refractivity contribution in [3.05, 3.63) is 18.2 Å². The number of nitrogens with one attached hydrogen (secondary N) is 1. The molecule has 0 saturated carbocycles. The third-order valence-corrected chi connectivity index (χ3v) is 3.34. The molecule has 0 aromatic heterocycles. The largest absolute Gasteiger partial charge is 0.494 e. The second kappa shape index (κ2) is 5.94. The number of carbonyl (C=O) groups is 2. The molecule has 5 nitrogen and oxygen atoms in total. The molecule has 5 heteroatoms. The molecule has 1 aromatic carbocycles. The molecule has 1 saturated heterocycles. The third-order valence-electron chi connectivity index (χ3n) is 3.34. The average Bonchev–Trinajstić information content (AvgIpc) is 2.84. The van der Waals surface area contributed by atoms with Crippen molar-refractivity contribution in [2.45, 2.75) is 26.7 Å². The summed E-state index contributed by atoms with van der Waals surface area (Å²) < 4.78 is 5.34. The first kappa shape index (κ1) is 14.4. The van der Waals surface area contributed by atoms with Gasteiger partial charge >= 0.3 is 0 Å². The van der Waals surface area contributed by atoms with Crippen molar-refractivity contribution in [1.82, 2.24) is 0 Å². The van der Waals surface area contributed by atoms with Crippen LogP contribution in [0.25, 0.3) is 0 Å². The second-order valence-electron chi connectivity index (χ2n) is 5.18. The zero-order chi connectivity index (χ0) is 14.7. The summed E-state index contributed by atoms with van der Waals surface area (Å²) in [5.74, 6) is 0.585. The van der Waals surface area contributed by atoms with Gasteiger partial charge in [0.2, 0.25) is 11.8 Å². The lowest BCUT2D eigenvalue weighted by molar-refractivity contribution is -0.119. The fourth-order valence-corrected chi connectivity index (χ4v) is 2.17. The summed E-state index contributed by atoms with van der Waals surface area (Å²) >= 11 is 0. The molecule has 2 amide bonds. The molecular formula is C15H20N2O3. The minimum absolute atomic E-state index is 0.0444. The van der Waals surface area contributed by atoms with Crippen LogP contribution in [0.5, 0.6) is 5.75 Å². The number of carbonyl (C=O) groups excluding carboxylic acids is 2. The molecule has 0 radical (unpaired) electrons. The van der Waals surface area contributed by atoms with Gasteiger partial charge in [-0.1, -0.05) is 13.8 Å². The summed E-state index contributed by atoms with van der Waals surface area (Å²) in [7, 11) is 1.56. The predicted molar refractivity (Wildman–Crippen MR) is 78.0 cm³/mol. The molecule has 1 aliphatic heterocycles. The number of benzene rings is 1. The van der Waals surface area contributed by atoms with Gasteiger partial charge in [-0.2, -0.15) is 0 Å². The van der Waals surface area contributed by atoms with Gasteiger partial charge in [0.15, 0.2) is 0 Å². The van der Waals surface area contributed by atoms with Crippen molar-refractivity contribution in [2.75, 3.05) is 23.9 Å². The van der Waals surface area contributed by atoms with E-state index in [9.17, 15) is 9.59 Å². The number of rotatable bonds is 4. The highest BCUT2D eigenvalue weighted by molar-refractivity contribution is 5.98. The minimum atomic E-state index is -0.0826. The lowest BCUT2D eigenvalue weighted by Crippen LogP contribution is -2.24. The number of methoxy groups -OCH3 is 1. The van der Waals surface area contributed by atoms with E-state index in [1.165, 1.54) is 0 Å². The predicted octanol–water partition coefficient (Wildman–Crippen LogP) is 2.42. The van der Waals surface area contributed by atoms with E-state index < -0.39 is 0 Å². The van der Waals surface area contributed by atoms with Crippen LogP contribution in [-0.2, 0) is 9.59 Å². The van der Waals surface area contributed by atoms with Crippen LogP contribution < -0.4 is 15.0 Å². The summed E-state index contributed by atoms with van der Waals surface area (Å²) in [4.78, 5) is 25.2. The van der Waals surface area contributed by atoms with Crippen molar-refractivity contribution in [3.63, 3.8) is 0 Å². The van der Waals surface area contributed by atoms with Crippen molar-refractivity contribution in [1.29, 1.82) is 0 Å². The molecule has 20 heavy (non-hydrogen) atoms. The molecule has 1 aliphatic rings. The molecule has 1 aromatic rings. The Balaban J connectivity index is 2.24. The molecule has 0 aliphatic carbocycles. The summed E-state index contributed by atoms with van der Waals surface area (Å²) in [5, 5.41) is 2.82. The van der Waals surface area contributed by atoms with Gasteiger partial charge in [-0.25, -0.2) is 0 Å². The number of hydrogen-bond donors (Lipinski definition) is 1. The first-order valence-corrected chi connectivity index (χ1v) is 6.82. The Hall–Kier alpha value is -2.04. The SMILES string of the molecule is COc1cc(NC(=O)C(C)C)ccc1N1CCCC1=O. The van der Waals surface area contributed by atoms with E-state index in [-0.39, 0.29) is 17.7 Å². The number of nitrogens with zero attached hydrogens (tertiary/aromatic N) is 1. The first-order valence-electron chi connectivity index (χ1n) is 6.82. The topological polar surface area (TPSA) is 58.6 Å². The zero-order valence-electron chi connectivity index (χ0n) is 12.1. The van der Waals surface area contributed by atoms with Gasteiger partial charge in [-0.05, 0) is 18.6 Å². The van der Waals surface area contributed by atoms with Gasteiger partial charge < -0.3 is 15.0 Å². The highest BCUT2D eigenvalue weighted by Crippen LogP contribution is 2.33. The van der Waals surface area contributed by atoms with E-state index in [1.807, 2.05) is 19.9 Å². The first-order chi connectivity index (χ1) is 9.52. The Kier molecular flexibility index (Phi) is 4.27. The summed E-state index contributed by atoms with van der Waals surface area (Å²) in [6.45, 7) is 4.39. The van der Waals surface area contributed by atoms with Gasteiger partial charge in [0.05, 0.1) is 12.8 Å². The van der Waals surface area contributed by atoms with E-state index >= 15 is 0 Å². The lowest BCUT2D eigenvalue weighted by Gasteiger charge is -2.20. The van der Waals surface area contributed by atoms with Gasteiger partial charge in [-0.15, -0.1) is 0 Å². The molecule has 1 heterocycles. The highest BCUT2D eigenvalue weighted by atomic mass is 16.5. The van der Waals surface area contributed by atoms with Crippen molar-refractivity contribution < 1.29 is 14.3 Å². The van der Waals surface area contributed by atoms with Crippen molar-refractivity contribution in [2.24, 2.45) is 5.92 Å². The summed E-state index contributed by atoms with van der Waals surface area (Å²) in [6.07, 6.45) is 1.45. The fraction of sp³-hybridized carbons (Fsp3) is 0.467. The van der Waals surface area contributed by atoms with Crippen LogP contribution in [-0.4, -0.2) is 25.5 Å². The summed E-state index contributed by atoms with van der Waals surface area (Å²) in [6, 6.07) is 5.36. The van der Waals surface area contributed by atoms with E-state index in [2.05, 4.69) is 5.32 Å². The van der Waals surface area contributed by atoms with Gasteiger partial charge in [-0.3, -0.25) is 9.59 Å². The Morgan fingerprint density at radius 3 is 2.70 bits per heavy atom. The number of anilines is 2. The van der Waals surface area contributed by atoms with E-state index in [0.29, 0.717) is 24.4 Å². The highest BCUT2D eigenvalue weighted by Gasteiger charge is 2.24. The van der Waals surface area contributed by atoms with Crippen LogP contribution in [0.4, 0.5) is 11.4 Å². The maximum absolute atomic E-state index is 11.8. The van der Waals surface area contributed by atoms with Crippen LogP contribution in [0.1, 0.15) is 26.7 Å². The smallest absolute Gasteiger partial charge is 0.227 e.